The SMILES string of the molecule is CN1CCCC(CNC(=O)c2nc(C(=O)O)cs2)C1. The number of amides is 1. The van der Waals surface area contributed by atoms with Gasteiger partial charge in [0.25, 0.3) is 5.91 Å². The minimum atomic E-state index is -1.11. The van der Waals surface area contributed by atoms with Crippen molar-refractivity contribution in [3.05, 3.63) is 16.1 Å². The summed E-state index contributed by atoms with van der Waals surface area (Å²) in [6.45, 7) is 2.71. The number of carboxylic acids is 1. The van der Waals surface area contributed by atoms with Gasteiger partial charge in [0.2, 0.25) is 0 Å². The van der Waals surface area contributed by atoms with Crippen LogP contribution in [0.3, 0.4) is 0 Å². The third-order valence-corrected chi connectivity index (χ3v) is 4.03. The maximum atomic E-state index is 11.8. The summed E-state index contributed by atoms with van der Waals surface area (Å²) in [6, 6.07) is 0. The number of carboxylic acid groups (broad SMARTS) is 1. The molecule has 1 atom stereocenters. The van der Waals surface area contributed by atoms with Crippen LogP contribution in [0.1, 0.15) is 33.1 Å². The number of nitrogens with zero attached hydrogens (tertiary/aromatic N) is 2. The van der Waals surface area contributed by atoms with Gasteiger partial charge in [-0.2, -0.15) is 0 Å². The number of piperidine rings is 1. The van der Waals surface area contributed by atoms with Crippen molar-refractivity contribution < 1.29 is 14.7 Å². The van der Waals surface area contributed by atoms with Crippen molar-refractivity contribution in [1.29, 1.82) is 0 Å². The number of aromatic nitrogens is 1. The third kappa shape index (κ3) is 3.74. The van der Waals surface area contributed by atoms with Gasteiger partial charge in [0.15, 0.2) is 10.7 Å². The summed E-state index contributed by atoms with van der Waals surface area (Å²) >= 11 is 1.06. The Labute approximate surface area is 115 Å². The molecule has 104 valence electrons. The zero-order valence-corrected chi connectivity index (χ0v) is 11.6. The van der Waals surface area contributed by atoms with Crippen LogP contribution in [0, 0.1) is 5.92 Å². The second kappa shape index (κ2) is 6.12. The van der Waals surface area contributed by atoms with Crippen LogP contribution >= 0.6 is 11.3 Å². The number of nitrogens with one attached hydrogen (secondary N) is 1. The van der Waals surface area contributed by atoms with Gasteiger partial charge in [-0.1, -0.05) is 0 Å². The van der Waals surface area contributed by atoms with E-state index >= 15 is 0 Å². The van der Waals surface area contributed by atoms with Gasteiger partial charge < -0.3 is 15.3 Å². The molecule has 7 heteroatoms. The third-order valence-electron chi connectivity index (χ3n) is 3.19. The molecule has 1 aliphatic heterocycles. The van der Waals surface area contributed by atoms with Gasteiger partial charge in [0.1, 0.15) is 0 Å². The van der Waals surface area contributed by atoms with Crippen molar-refractivity contribution in [2.75, 3.05) is 26.7 Å². The molecule has 0 aromatic carbocycles. The van der Waals surface area contributed by atoms with Crippen molar-refractivity contribution in [3.63, 3.8) is 0 Å². The van der Waals surface area contributed by atoms with Gasteiger partial charge in [-0.25, -0.2) is 9.78 Å². The quantitative estimate of drug-likeness (QED) is 0.858. The molecule has 6 nitrogen and oxygen atoms in total. The van der Waals surface area contributed by atoms with Crippen molar-refractivity contribution in [2.24, 2.45) is 5.92 Å². The molecule has 1 fully saturated rings. The standard InChI is InChI=1S/C12H17N3O3S/c1-15-4-2-3-8(6-15)5-13-10(16)11-14-9(7-19-11)12(17)18/h7-8H,2-6H2,1H3,(H,13,16)(H,17,18). The summed E-state index contributed by atoms with van der Waals surface area (Å²) in [5.41, 5.74) is -0.0763. The smallest absolute Gasteiger partial charge is 0.355 e. The van der Waals surface area contributed by atoms with Gasteiger partial charge in [0, 0.05) is 18.5 Å². The Balaban J connectivity index is 1.85. The van der Waals surface area contributed by atoms with Crippen molar-refractivity contribution in [1.82, 2.24) is 15.2 Å². The van der Waals surface area contributed by atoms with Crippen molar-refractivity contribution in [3.8, 4) is 0 Å². The van der Waals surface area contributed by atoms with E-state index in [-0.39, 0.29) is 16.6 Å². The van der Waals surface area contributed by atoms with E-state index in [1.54, 1.807) is 0 Å². The molecule has 0 saturated carbocycles. The van der Waals surface area contributed by atoms with Gasteiger partial charge >= 0.3 is 5.97 Å². The minimum absolute atomic E-state index is 0.0763. The van der Waals surface area contributed by atoms with Gasteiger partial charge in [0.05, 0.1) is 0 Å². The summed E-state index contributed by atoms with van der Waals surface area (Å²) in [5, 5.41) is 13.2. The van der Waals surface area contributed by atoms with Crippen LogP contribution in [0.15, 0.2) is 5.38 Å². The molecule has 1 amide bonds. The zero-order valence-electron chi connectivity index (χ0n) is 10.8. The molecular formula is C12H17N3O3S. The predicted molar refractivity (Wildman–Crippen MR) is 71.6 cm³/mol. The molecule has 0 radical (unpaired) electrons. The molecule has 1 unspecified atom stereocenters. The van der Waals surface area contributed by atoms with E-state index in [1.807, 2.05) is 0 Å². The second-order valence-corrected chi connectivity index (χ2v) is 5.68. The number of rotatable bonds is 4. The maximum Gasteiger partial charge on any atom is 0.355 e. The summed E-state index contributed by atoms with van der Waals surface area (Å²) in [7, 11) is 2.08. The molecule has 1 aromatic rings. The first-order valence-electron chi connectivity index (χ1n) is 6.22. The molecule has 19 heavy (non-hydrogen) atoms. The largest absolute Gasteiger partial charge is 0.476 e. The van der Waals surface area contributed by atoms with Gasteiger partial charge in [-0.3, -0.25) is 4.79 Å². The summed E-state index contributed by atoms with van der Waals surface area (Å²) < 4.78 is 0. The fourth-order valence-electron chi connectivity index (χ4n) is 2.23. The summed E-state index contributed by atoms with van der Waals surface area (Å²) in [6.07, 6.45) is 2.26. The van der Waals surface area contributed by atoms with Crippen LogP contribution in [0.5, 0.6) is 0 Å². The Morgan fingerprint density at radius 2 is 2.42 bits per heavy atom. The molecule has 2 N–H and O–H groups in total. The van der Waals surface area contributed by atoms with Gasteiger partial charge in [-0.05, 0) is 32.4 Å². The van der Waals surface area contributed by atoms with Crippen LogP contribution < -0.4 is 5.32 Å². The van der Waals surface area contributed by atoms with E-state index < -0.39 is 5.97 Å². The highest BCUT2D eigenvalue weighted by Crippen LogP contribution is 2.14. The molecule has 1 saturated heterocycles. The van der Waals surface area contributed by atoms with Crippen molar-refractivity contribution in [2.45, 2.75) is 12.8 Å². The zero-order chi connectivity index (χ0) is 13.8. The lowest BCUT2D eigenvalue weighted by Gasteiger charge is -2.29. The second-order valence-electron chi connectivity index (χ2n) is 4.82. The number of thiazole rings is 1. The fraction of sp³-hybridized carbons (Fsp3) is 0.583. The van der Waals surface area contributed by atoms with Crippen LogP contribution in [-0.2, 0) is 0 Å². The van der Waals surface area contributed by atoms with E-state index in [1.165, 1.54) is 5.38 Å². The Kier molecular flexibility index (Phi) is 4.49. The van der Waals surface area contributed by atoms with E-state index in [0.29, 0.717) is 12.5 Å². The molecule has 2 heterocycles. The number of hydrogen-bond donors (Lipinski definition) is 2. The van der Waals surface area contributed by atoms with Gasteiger partial charge in [-0.15, -0.1) is 11.3 Å². The molecule has 0 spiro atoms. The van der Waals surface area contributed by atoms with E-state index in [9.17, 15) is 9.59 Å². The number of likely N-dealkylation sites (tertiary alicyclic amines) is 1. The molecular weight excluding hydrogens is 266 g/mol. The maximum absolute atomic E-state index is 11.8. The van der Waals surface area contributed by atoms with Crippen LogP contribution in [0.2, 0.25) is 0 Å². The Hall–Kier alpha value is -1.47. The molecule has 1 aromatic heterocycles. The lowest BCUT2D eigenvalue weighted by molar-refractivity contribution is 0.0691. The van der Waals surface area contributed by atoms with Crippen LogP contribution in [-0.4, -0.2) is 53.5 Å². The topological polar surface area (TPSA) is 82.5 Å². The number of hydrogen-bond acceptors (Lipinski definition) is 5. The molecule has 0 bridgehead atoms. The molecule has 2 rings (SSSR count). The monoisotopic (exact) mass is 283 g/mol. The Morgan fingerprint density at radius 1 is 1.63 bits per heavy atom. The van der Waals surface area contributed by atoms with Crippen LogP contribution in [0.25, 0.3) is 0 Å². The predicted octanol–water partition coefficient (Wildman–Crippen LogP) is 0.913. The summed E-state index contributed by atoms with van der Waals surface area (Å²) in [4.78, 5) is 28.6. The summed E-state index contributed by atoms with van der Waals surface area (Å²) in [5.74, 6) is -0.934. The lowest BCUT2D eigenvalue weighted by atomic mass is 9.98. The van der Waals surface area contributed by atoms with E-state index in [0.717, 1.165) is 37.3 Å². The number of aromatic carboxylic acids is 1. The normalized spacial score (nSPS) is 20.2. The Bertz CT molecular complexity index is 475. The van der Waals surface area contributed by atoms with Crippen LogP contribution in [0.4, 0.5) is 0 Å². The highest BCUT2D eigenvalue weighted by Gasteiger charge is 2.19. The molecule has 1 aliphatic rings. The lowest BCUT2D eigenvalue weighted by Crippen LogP contribution is -2.39. The first-order chi connectivity index (χ1) is 9.06. The highest BCUT2D eigenvalue weighted by atomic mass is 32.1. The average molecular weight is 283 g/mol. The molecule has 0 aliphatic carbocycles. The first kappa shape index (κ1) is 14.0. The Morgan fingerprint density at radius 3 is 3.05 bits per heavy atom. The minimum Gasteiger partial charge on any atom is -0.476 e. The number of carbonyl (C=O) groups excluding carboxylic acids is 1. The van der Waals surface area contributed by atoms with E-state index in [4.69, 9.17) is 5.11 Å². The van der Waals surface area contributed by atoms with Crippen molar-refractivity contribution >= 4 is 23.2 Å². The van der Waals surface area contributed by atoms with E-state index in [2.05, 4.69) is 22.2 Å². The first-order valence-corrected chi connectivity index (χ1v) is 7.10. The highest BCUT2D eigenvalue weighted by molar-refractivity contribution is 7.11. The fourth-order valence-corrected chi connectivity index (χ4v) is 2.94. The number of carbonyl (C=O) groups is 2. The average Bonchev–Trinajstić information content (AvgIpc) is 2.86.